The third-order valence-electron chi connectivity index (χ3n) is 1.59. The minimum absolute atomic E-state index is 0.234. The van der Waals surface area contributed by atoms with Crippen molar-refractivity contribution >= 4 is 5.91 Å². The molecule has 0 aromatic carbocycles. The van der Waals surface area contributed by atoms with E-state index in [-0.39, 0.29) is 11.7 Å². The highest BCUT2D eigenvalue weighted by atomic mass is 16.4. The van der Waals surface area contributed by atoms with Crippen LogP contribution in [0, 0.1) is 5.92 Å². The molecule has 0 aliphatic heterocycles. The van der Waals surface area contributed by atoms with Crippen molar-refractivity contribution in [3.63, 3.8) is 0 Å². The van der Waals surface area contributed by atoms with Crippen molar-refractivity contribution in [2.24, 2.45) is 5.92 Å². The molecule has 0 aliphatic rings. The van der Waals surface area contributed by atoms with E-state index in [1.54, 1.807) is 7.05 Å². The number of nitrogens with zero attached hydrogens (tertiary/aromatic N) is 1. The summed E-state index contributed by atoms with van der Waals surface area (Å²) in [5, 5.41) is 2.48. The quantitative estimate of drug-likeness (QED) is 0.765. The third-order valence-corrected chi connectivity index (χ3v) is 1.59. The average molecular weight is 182 g/mol. The Balaban J connectivity index is 2.69. The van der Waals surface area contributed by atoms with Crippen LogP contribution in [0.1, 0.15) is 30.3 Å². The van der Waals surface area contributed by atoms with Crippen LogP contribution >= 0.6 is 0 Å². The van der Waals surface area contributed by atoms with Crippen LogP contribution in [0.3, 0.4) is 0 Å². The summed E-state index contributed by atoms with van der Waals surface area (Å²) in [6.45, 7) is 4.15. The fourth-order valence-corrected chi connectivity index (χ4v) is 0.982. The molecule has 1 amide bonds. The van der Waals surface area contributed by atoms with Gasteiger partial charge < -0.3 is 9.73 Å². The van der Waals surface area contributed by atoms with Gasteiger partial charge in [-0.25, -0.2) is 4.98 Å². The second kappa shape index (κ2) is 4.07. The Bertz CT molecular complexity index is 292. The number of rotatable bonds is 3. The molecular formula is C9H14N2O2. The molecule has 1 rings (SSSR count). The molecule has 0 saturated carbocycles. The number of amides is 1. The first-order valence-corrected chi connectivity index (χ1v) is 4.30. The van der Waals surface area contributed by atoms with Crippen LogP contribution in [-0.2, 0) is 6.42 Å². The first kappa shape index (κ1) is 9.77. The van der Waals surface area contributed by atoms with Crippen LogP contribution in [0.25, 0.3) is 0 Å². The summed E-state index contributed by atoms with van der Waals surface area (Å²) in [7, 11) is 1.56. The van der Waals surface area contributed by atoms with E-state index < -0.39 is 0 Å². The smallest absolute Gasteiger partial charge is 0.288 e. The Morgan fingerprint density at radius 1 is 1.69 bits per heavy atom. The topological polar surface area (TPSA) is 55.1 Å². The lowest BCUT2D eigenvalue weighted by Gasteiger charge is -1.98. The van der Waals surface area contributed by atoms with Crippen LogP contribution < -0.4 is 5.32 Å². The number of hydrogen-bond acceptors (Lipinski definition) is 3. The van der Waals surface area contributed by atoms with Gasteiger partial charge in [-0.05, 0) is 5.92 Å². The monoisotopic (exact) mass is 182 g/mol. The average Bonchev–Trinajstić information content (AvgIpc) is 2.50. The van der Waals surface area contributed by atoms with E-state index in [0.717, 1.165) is 6.42 Å². The van der Waals surface area contributed by atoms with Crippen molar-refractivity contribution in [1.82, 2.24) is 10.3 Å². The van der Waals surface area contributed by atoms with E-state index in [1.165, 1.54) is 6.20 Å². The normalized spacial score (nSPS) is 10.5. The van der Waals surface area contributed by atoms with Crippen molar-refractivity contribution < 1.29 is 9.21 Å². The van der Waals surface area contributed by atoms with Gasteiger partial charge in [0, 0.05) is 13.5 Å². The molecule has 0 aliphatic carbocycles. The number of carbonyl (C=O) groups is 1. The van der Waals surface area contributed by atoms with E-state index in [9.17, 15) is 4.79 Å². The lowest BCUT2D eigenvalue weighted by atomic mass is 10.1. The predicted molar refractivity (Wildman–Crippen MR) is 48.4 cm³/mol. The largest absolute Gasteiger partial charge is 0.436 e. The van der Waals surface area contributed by atoms with Gasteiger partial charge >= 0.3 is 0 Å². The summed E-state index contributed by atoms with van der Waals surface area (Å²) in [6, 6.07) is 0. The molecule has 0 spiro atoms. The Hall–Kier alpha value is -1.32. The highest BCUT2D eigenvalue weighted by molar-refractivity contribution is 5.90. The highest BCUT2D eigenvalue weighted by Crippen LogP contribution is 2.08. The molecule has 4 nitrogen and oxygen atoms in total. The fraction of sp³-hybridized carbons (Fsp3) is 0.556. The molecule has 0 radical (unpaired) electrons. The van der Waals surface area contributed by atoms with Crippen molar-refractivity contribution in [1.29, 1.82) is 0 Å². The SMILES string of the molecule is CNC(=O)c1cnc(CC(C)C)o1. The second-order valence-electron chi connectivity index (χ2n) is 3.30. The van der Waals surface area contributed by atoms with Gasteiger partial charge in [-0.3, -0.25) is 4.79 Å². The van der Waals surface area contributed by atoms with E-state index in [0.29, 0.717) is 11.8 Å². The van der Waals surface area contributed by atoms with Gasteiger partial charge in [0.25, 0.3) is 5.91 Å². The van der Waals surface area contributed by atoms with Crippen LogP contribution in [0.5, 0.6) is 0 Å². The predicted octanol–water partition coefficient (Wildman–Crippen LogP) is 1.23. The van der Waals surface area contributed by atoms with Crippen molar-refractivity contribution in [3.05, 3.63) is 17.8 Å². The Kier molecular flexibility index (Phi) is 3.06. The molecule has 13 heavy (non-hydrogen) atoms. The number of nitrogens with one attached hydrogen (secondary N) is 1. The first-order valence-electron chi connectivity index (χ1n) is 4.30. The maximum Gasteiger partial charge on any atom is 0.288 e. The number of aromatic nitrogens is 1. The van der Waals surface area contributed by atoms with Crippen LogP contribution in [0.2, 0.25) is 0 Å². The molecule has 0 bridgehead atoms. The molecule has 1 heterocycles. The van der Waals surface area contributed by atoms with E-state index in [1.807, 2.05) is 0 Å². The van der Waals surface area contributed by atoms with Gasteiger partial charge in [-0.15, -0.1) is 0 Å². The summed E-state index contributed by atoms with van der Waals surface area (Å²) < 4.78 is 5.22. The molecule has 1 aromatic rings. The van der Waals surface area contributed by atoms with Crippen LogP contribution in [-0.4, -0.2) is 17.9 Å². The van der Waals surface area contributed by atoms with Gasteiger partial charge in [0.15, 0.2) is 5.89 Å². The molecule has 1 N–H and O–H groups in total. The van der Waals surface area contributed by atoms with Gasteiger partial charge in [0.1, 0.15) is 0 Å². The zero-order valence-corrected chi connectivity index (χ0v) is 8.13. The van der Waals surface area contributed by atoms with Crippen molar-refractivity contribution in [2.75, 3.05) is 7.05 Å². The zero-order chi connectivity index (χ0) is 9.84. The summed E-state index contributed by atoms with van der Waals surface area (Å²) in [5.74, 6) is 1.14. The molecule has 0 saturated heterocycles. The van der Waals surface area contributed by atoms with E-state index >= 15 is 0 Å². The van der Waals surface area contributed by atoms with Gasteiger partial charge in [-0.1, -0.05) is 13.8 Å². The fourth-order valence-electron chi connectivity index (χ4n) is 0.982. The lowest BCUT2D eigenvalue weighted by molar-refractivity contribution is 0.0933. The molecule has 72 valence electrons. The molecule has 1 aromatic heterocycles. The summed E-state index contributed by atoms with van der Waals surface area (Å²) in [5.41, 5.74) is 0. The van der Waals surface area contributed by atoms with Gasteiger partial charge in [0.05, 0.1) is 6.20 Å². The Labute approximate surface area is 77.3 Å². The second-order valence-corrected chi connectivity index (χ2v) is 3.30. The summed E-state index contributed by atoms with van der Waals surface area (Å²) >= 11 is 0. The van der Waals surface area contributed by atoms with E-state index in [4.69, 9.17) is 4.42 Å². The lowest BCUT2D eigenvalue weighted by Crippen LogP contribution is -2.16. The maximum atomic E-state index is 11.1. The van der Waals surface area contributed by atoms with Crippen molar-refractivity contribution in [3.8, 4) is 0 Å². The number of carbonyl (C=O) groups excluding carboxylic acids is 1. The Morgan fingerprint density at radius 3 is 2.92 bits per heavy atom. The standard InChI is InChI=1S/C9H14N2O2/c1-6(2)4-8-11-5-7(13-8)9(12)10-3/h5-6H,4H2,1-3H3,(H,10,12). The molecular weight excluding hydrogens is 168 g/mol. The maximum absolute atomic E-state index is 11.1. The molecule has 0 unspecified atom stereocenters. The highest BCUT2D eigenvalue weighted by Gasteiger charge is 2.10. The first-order chi connectivity index (χ1) is 6.13. The molecule has 0 atom stereocenters. The molecule has 4 heteroatoms. The summed E-state index contributed by atoms with van der Waals surface area (Å²) in [4.78, 5) is 15.1. The number of hydrogen-bond donors (Lipinski definition) is 1. The van der Waals surface area contributed by atoms with E-state index in [2.05, 4.69) is 24.1 Å². The molecule has 0 fully saturated rings. The summed E-state index contributed by atoms with van der Waals surface area (Å²) in [6.07, 6.45) is 2.22. The van der Waals surface area contributed by atoms with Crippen LogP contribution in [0.4, 0.5) is 0 Å². The minimum atomic E-state index is -0.234. The van der Waals surface area contributed by atoms with Gasteiger partial charge in [0.2, 0.25) is 5.76 Å². The zero-order valence-electron chi connectivity index (χ0n) is 8.13. The minimum Gasteiger partial charge on any atom is -0.436 e. The van der Waals surface area contributed by atoms with Crippen LogP contribution in [0.15, 0.2) is 10.6 Å². The van der Waals surface area contributed by atoms with Crippen molar-refractivity contribution in [2.45, 2.75) is 20.3 Å². The van der Waals surface area contributed by atoms with Gasteiger partial charge in [-0.2, -0.15) is 0 Å². The number of oxazole rings is 1. The Morgan fingerprint density at radius 2 is 2.38 bits per heavy atom. The third kappa shape index (κ3) is 2.57.